The molecule has 24 heavy (non-hydrogen) atoms. The van der Waals surface area contributed by atoms with Crippen LogP contribution < -0.4 is 5.32 Å². The molecule has 1 aromatic heterocycles. The Morgan fingerprint density at radius 3 is 2.50 bits per heavy atom. The van der Waals surface area contributed by atoms with E-state index in [4.69, 9.17) is 4.99 Å². The molecule has 0 saturated heterocycles. The summed E-state index contributed by atoms with van der Waals surface area (Å²) in [5.41, 5.74) is 1.95. The summed E-state index contributed by atoms with van der Waals surface area (Å²) in [6.07, 6.45) is 7.87. The second-order valence-corrected chi connectivity index (χ2v) is 8.28. The fourth-order valence-electron chi connectivity index (χ4n) is 4.12. The molecule has 1 spiro atoms. The van der Waals surface area contributed by atoms with Crippen LogP contribution in [0.3, 0.4) is 0 Å². The van der Waals surface area contributed by atoms with Crippen LogP contribution in [0.4, 0.5) is 8.78 Å². The molecule has 0 amide bonds. The molecule has 0 unspecified atom stereocenters. The van der Waals surface area contributed by atoms with Gasteiger partial charge in [-0.15, -0.1) is 11.3 Å². The van der Waals surface area contributed by atoms with Crippen LogP contribution in [-0.2, 0) is 0 Å². The van der Waals surface area contributed by atoms with Crippen LogP contribution in [0.1, 0.15) is 62.1 Å². The van der Waals surface area contributed by atoms with Crippen molar-refractivity contribution in [1.29, 1.82) is 0 Å². The summed E-state index contributed by atoms with van der Waals surface area (Å²) in [5.74, 6) is -1.49. The number of hydrogen-bond donors (Lipinski definition) is 1. The number of thiazole rings is 1. The Labute approximate surface area is 145 Å². The molecule has 3 aliphatic rings. The van der Waals surface area contributed by atoms with Crippen molar-refractivity contribution in [1.82, 2.24) is 10.3 Å². The van der Waals surface area contributed by atoms with Gasteiger partial charge in [0.15, 0.2) is 0 Å². The van der Waals surface area contributed by atoms with Gasteiger partial charge in [-0.1, -0.05) is 12.8 Å². The summed E-state index contributed by atoms with van der Waals surface area (Å²) < 4.78 is 26.8. The summed E-state index contributed by atoms with van der Waals surface area (Å²) >= 11 is 1.62. The fourth-order valence-corrected chi connectivity index (χ4v) is 4.87. The lowest BCUT2D eigenvalue weighted by Crippen LogP contribution is -2.45. The van der Waals surface area contributed by atoms with Crippen molar-refractivity contribution in [3.05, 3.63) is 22.2 Å². The highest BCUT2D eigenvalue weighted by Gasteiger charge is 2.43. The van der Waals surface area contributed by atoms with Crippen LogP contribution >= 0.6 is 11.3 Å². The molecule has 2 heterocycles. The maximum atomic E-state index is 13.4. The van der Waals surface area contributed by atoms with Crippen LogP contribution in [0.5, 0.6) is 0 Å². The molecule has 3 nitrogen and oxygen atoms in total. The first-order valence-corrected chi connectivity index (χ1v) is 9.73. The largest absolute Gasteiger partial charge is 0.370 e. The van der Waals surface area contributed by atoms with Gasteiger partial charge in [0, 0.05) is 35.4 Å². The van der Waals surface area contributed by atoms with E-state index in [1.54, 1.807) is 11.3 Å². The number of hydrogen-bond acceptors (Lipinski definition) is 4. The van der Waals surface area contributed by atoms with Gasteiger partial charge < -0.3 is 5.32 Å². The Morgan fingerprint density at radius 2 is 1.88 bits per heavy atom. The summed E-state index contributed by atoms with van der Waals surface area (Å²) in [7, 11) is 0. The normalized spacial score (nSPS) is 25.8. The van der Waals surface area contributed by atoms with Gasteiger partial charge in [0.1, 0.15) is 10.8 Å². The lowest BCUT2D eigenvalue weighted by atomic mass is 9.84. The van der Waals surface area contributed by atoms with Crippen molar-refractivity contribution in [3.63, 3.8) is 0 Å². The third kappa shape index (κ3) is 3.01. The molecule has 0 atom stereocenters. The second-order valence-electron chi connectivity index (χ2n) is 7.42. The van der Waals surface area contributed by atoms with E-state index >= 15 is 0 Å². The van der Waals surface area contributed by atoms with Crippen LogP contribution in [0, 0.1) is 12.3 Å². The van der Waals surface area contributed by atoms with Gasteiger partial charge in [-0.25, -0.2) is 18.8 Å². The van der Waals surface area contributed by atoms with Gasteiger partial charge in [-0.3, -0.25) is 0 Å². The molecule has 0 aromatic carbocycles. The molecule has 1 aliphatic heterocycles. The van der Waals surface area contributed by atoms with Crippen molar-refractivity contribution in [2.75, 3.05) is 0 Å². The SMILES string of the molecule is Cc1csc(C2=CC3(CCCC3)C(NC3CCC(F)(F)CC3)=N2)n1. The first-order chi connectivity index (χ1) is 11.5. The van der Waals surface area contributed by atoms with Crippen molar-refractivity contribution in [3.8, 4) is 0 Å². The van der Waals surface area contributed by atoms with Gasteiger partial charge in [0.05, 0.1) is 5.70 Å². The number of nitrogens with zero attached hydrogens (tertiary/aromatic N) is 2. The van der Waals surface area contributed by atoms with E-state index in [1.165, 1.54) is 12.8 Å². The van der Waals surface area contributed by atoms with E-state index in [0.717, 1.165) is 35.1 Å². The summed E-state index contributed by atoms with van der Waals surface area (Å²) in [4.78, 5) is 9.43. The Bertz CT molecular complexity index is 676. The van der Waals surface area contributed by atoms with Gasteiger partial charge >= 0.3 is 0 Å². The zero-order valence-corrected chi connectivity index (χ0v) is 14.8. The first kappa shape index (κ1) is 16.2. The average molecular weight is 351 g/mol. The predicted molar refractivity (Wildman–Crippen MR) is 93.5 cm³/mol. The van der Waals surface area contributed by atoms with Crippen LogP contribution in [0.2, 0.25) is 0 Å². The lowest BCUT2D eigenvalue weighted by Gasteiger charge is -2.33. The van der Waals surface area contributed by atoms with E-state index in [-0.39, 0.29) is 24.3 Å². The molecule has 2 saturated carbocycles. The van der Waals surface area contributed by atoms with Crippen LogP contribution in [-0.4, -0.2) is 22.8 Å². The van der Waals surface area contributed by atoms with Crippen molar-refractivity contribution < 1.29 is 8.78 Å². The van der Waals surface area contributed by atoms with E-state index in [1.807, 2.05) is 12.3 Å². The number of aryl methyl sites for hydroxylation is 1. The average Bonchev–Trinajstić information content (AvgIpc) is 3.24. The maximum Gasteiger partial charge on any atom is 0.248 e. The number of halogens is 2. The Morgan fingerprint density at radius 1 is 1.17 bits per heavy atom. The van der Waals surface area contributed by atoms with Crippen molar-refractivity contribution in [2.24, 2.45) is 10.4 Å². The first-order valence-electron chi connectivity index (χ1n) is 8.85. The number of amidine groups is 1. The van der Waals surface area contributed by atoms with E-state index in [9.17, 15) is 8.78 Å². The highest BCUT2D eigenvalue weighted by atomic mass is 32.1. The van der Waals surface area contributed by atoms with Gasteiger partial charge in [-0.05, 0) is 38.7 Å². The van der Waals surface area contributed by atoms with Gasteiger partial charge in [0.25, 0.3) is 0 Å². The topological polar surface area (TPSA) is 37.3 Å². The standard InChI is InChI=1S/C18H23F2N3S/c1-12-11-24-15(21-12)14-10-17(6-2-3-7-17)16(23-14)22-13-4-8-18(19,20)9-5-13/h10-11,13H,2-9H2,1H3,(H,22,23). The van der Waals surface area contributed by atoms with Crippen molar-refractivity contribution >= 4 is 22.9 Å². The van der Waals surface area contributed by atoms with Gasteiger partial charge in [0.2, 0.25) is 5.92 Å². The molecule has 6 heteroatoms. The molecule has 130 valence electrons. The fraction of sp³-hybridized carbons (Fsp3) is 0.667. The highest BCUT2D eigenvalue weighted by molar-refractivity contribution is 7.10. The van der Waals surface area contributed by atoms with E-state index in [0.29, 0.717) is 12.8 Å². The minimum Gasteiger partial charge on any atom is -0.370 e. The molecule has 0 bridgehead atoms. The highest BCUT2D eigenvalue weighted by Crippen LogP contribution is 2.47. The number of aliphatic imine (C=N–C) groups is 1. The molecular weight excluding hydrogens is 328 g/mol. The maximum absolute atomic E-state index is 13.4. The summed E-state index contributed by atoms with van der Waals surface area (Å²) in [5, 5.41) is 6.54. The monoisotopic (exact) mass is 351 g/mol. The molecule has 1 aromatic rings. The summed E-state index contributed by atoms with van der Waals surface area (Å²) in [6, 6.07) is 0.117. The third-order valence-corrected chi connectivity index (χ3v) is 6.49. The second kappa shape index (κ2) is 5.90. The van der Waals surface area contributed by atoms with Crippen LogP contribution in [0.25, 0.3) is 5.70 Å². The molecule has 2 aliphatic carbocycles. The Kier molecular flexibility index (Phi) is 3.98. The van der Waals surface area contributed by atoms with E-state index in [2.05, 4.69) is 16.4 Å². The molecular formula is C18H23F2N3S. The lowest BCUT2D eigenvalue weighted by molar-refractivity contribution is -0.0391. The number of nitrogens with one attached hydrogen (secondary N) is 1. The van der Waals surface area contributed by atoms with E-state index < -0.39 is 5.92 Å². The molecule has 2 fully saturated rings. The minimum atomic E-state index is -2.48. The Hall–Kier alpha value is -1.30. The molecule has 1 N–H and O–H groups in total. The Balaban J connectivity index is 1.55. The van der Waals surface area contributed by atoms with Crippen molar-refractivity contribution in [2.45, 2.75) is 70.3 Å². The molecule has 0 radical (unpaired) electrons. The van der Waals surface area contributed by atoms with Gasteiger partial charge in [-0.2, -0.15) is 0 Å². The smallest absolute Gasteiger partial charge is 0.248 e. The quantitative estimate of drug-likeness (QED) is 0.820. The molecule has 4 rings (SSSR count). The minimum absolute atomic E-state index is 0.0170. The number of rotatable bonds is 2. The number of alkyl halides is 2. The van der Waals surface area contributed by atoms with Crippen LogP contribution in [0.15, 0.2) is 16.4 Å². The summed E-state index contributed by atoms with van der Waals surface area (Å²) in [6.45, 7) is 1.99. The zero-order valence-electron chi connectivity index (χ0n) is 13.9. The number of aromatic nitrogens is 1. The third-order valence-electron chi connectivity index (χ3n) is 5.51. The zero-order chi connectivity index (χ0) is 16.8. The predicted octanol–water partition coefficient (Wildman–Crippen LogP) is 4.93.